The van der Waals surface area contributed by atoms with Crippen LogP contribution in [0.2, 0.25) is 0 Å². The second-order valence-electron chi connectivity index (χ2n) is 7.10. The molecule has 34 heavy (non-hydrogen) atoms. The normalized spacial score (nSPS) is 14.8. The quantitative estimate of drug-likeness (QED) is 0.351. The number of imide groups is 2. The second kappa shape index (κ2) is 10.4. The highest BCUT2D eigenvalue weighted by Crippen LogP contribution is 2.27. The number of nitrogens with one attached hydrogen (secondary N) is 2. The number of ether oxygens (including phenoxy) is 2. The van der Waals surface area contributed by atoms with Gasteiger partial charge in [0.15, 0.2) is 0 Å². The van der Waals surface area contributed by atoms with Gasteiger partial charge in [-0.3, -0.25) is 29.0 Å². The highest BCUT2D eigenvalue weighted by molar-refractivity contribution is 6.13. The van der Waals surface area contributed by atoms with Gasteiger partial charge in [0.1, 0.15) is 0 Å². The Kier molecular flexibility index (Phi) is 7.41. The summed E-state index contributed by atoms with van der Waals surface area (Å²) in [5.74, 6) is -3.18. The maximum atomic E-state index is 12.4. The third-order valence-electron chi connectivity index (χ3n) is 5.07. The van der Waals surface area contributed by atoms with Crippen molar-refractivity contribution in [2.75, 3.05) is 51.0 Å². The highest BCUT2D eigenvalue weighted by atomic mass is 16.5. The van der Waals surface area contributed by atoms with Crippen molar-refractivity contribution in [3.05, 3.63) is 47.6 Å². The summed E-state index contributed by atoms with van der Waals surface area (Å²) in [5, 5.41) is 5.88. The third kappa shape index (κ3) is 5.11. The standard InChI is InChI=1S/C22H22N4O8/c1-33-21(31)13-11-16(24-8-10-26-19(29)5-6-20(26)30)14(22(32)34-2)12-15(13)23-7-9-25-17(27)3-4-18(25)28/h3-6,11-12,23-24H,7-10H2,1-2H3. The topological polar surface area (TPSA) is 151 Å². The SMILES string of the molecule is COC(=O)c1cc(NCCN2C(=O)C=CC2=O)c(C(=O)OC)cc1NCCN1C(=O)C=CC1=O. The zero-order valence-electron chi connectivity index (χ0n) is 18.5. The van der Waals surface area contributed by atoms with Gasteiger partial charge >= 0.3 is 11.9 Å². The predicted molar refractivity (Wildman–Crippen MR) is 118 cm³/mol. The Morgan fingerprint density at radius 2 is 1.00 bits per heavy atom. The summed E-state index contributed by atoms with van der Waals surface area (Å²) in [6.45, 7) is 0.265. The average molecular weight is 470 g/mol. The van der Waals surface area contributed by atoms with E-state index in [0.717, 1.165) is 34.1 Å². The van der Waals surface area contributed by atoms with Gasteiger partial charge in [-0.15, -0.1) is 0 Å². The zero-order valence-corrected chi connectivity index (χ0v) is 18.5. The average Bonchev–Trinajstić information content (AvgIpc) is 3.33. The molecule has 0 bridgehead atoms. The number of amides is 4. The van der Waals surface area contributed by atoms with E-state index < -0.39 is 35.6 Å². The first-order valence-corrected chi connectivity index (χ1v) is 10.2. The van der Waals surface area contributed by atoms with Crippen molar-refractivity contribution in [1.29, 1.82) is 0 Å². The molecule has 12 heteroatoms. The van der Waals surface area contributed by atoms with Gasteiger partial charge in [-0.1, -0.05) is 0 Å². The number of hydrogen-bond acceptors (Lipinski definition) is 10. The van der Waals surface area contributed by atoms with Crippen LogP contribution in [-0.4, -0.2) is 85.8 Å². The molecule has 2 heterocycles. The van der Waals surface area contributed by atoms with Gasteiger partial charge in [0.25, 0.3) is 23.6 Å². The fourth-order valence-corrected chi connectivity index (χ4v) is 3.36. The van der Waals surface area contributed by atoms with Gasteiger partial charge in [-0.05, 0) is 12.1 Å². The lowest BCUT2D eigenvalue weighted by Crippen LogP contribution is -2.34. The van der Waals surface area contributed by atoms with E-state index >= 15 is 0 Å². The molecule has 3 rings (SSSR count). The van der Waals surface area contributed by atoms with Gasteiger partial charge < -0.3 is 20.1 Å². The summed E-state index contributed by atoms with van der Waals surface area (Å²) in [7, 11) is 2.39. The molecule has 1 aromatic carbocycles. The molecule has 2 N–H and O–H groups in total. The van der Waals surface area contributed by atoms with E-state index in [9.17, 15) is 28.8 Å². The Labute approximate surface area is 194 Å². The first kappa shape index (κ1) is 24.2. The van der Waals surface area contributed by atoms with E-state index in [1.165, 1.54) is 26.4 Å². The number of esters is 2. The van der Waals surface area contributed by atoms with E-state index in [4.69, 9.17) is 9.47 Å². The molecule has 2 aliphatic heterocycles. The van der Waals surface area contributed by atoms with Crippen molar-refractivity contribution >= 4 is 46.9 Å². The Morgan fingerprint density at radius 1 is 0.676 bits per heavy atom. The smallest absolute Gasteiger partial charge is 0.340 e. The molecule has 2 aliphatic rings. The van der Waals surface area contributed by atoms with Gasteiger partial charge in [-0.2, -0.15) is 0 Å². The molecular formula is C22H22N4O8. The van der Waals surface area contributed by atoms with E-state index in [2.05, 4.69) is 10.6 Å². The van der Waals surface area contributed by atoms with Gasteiger partial charge in [0, 0.05) is 61.9 Å². The summed E-state index contributed by atoms with van der Waals surface area (Å²) >= 11 is 0. The summed E-state index contributed by atoms with van der Waals surface area (Å²) in [5.41, 5.74) is 0.590. The molecule has 4 amide bonds. The van der Waals surface area contributed by atoms with E-state index in [-0.39, 0.29) is 48.7 Å². The van der Waals surface area contributed by atoms with Gasteiger partial charge in [-0.25, -0.2) is 9.59 Å². The van der Waals surface area contributed by atoms with Gasteiger partial charge in [0.2, 0.25) is 0 Å². The van der Waals surface area contributed by atoms with E-state index in [1.54, 1.807) is 0 Å². The summed E-state index contributed by atoms with van der Waals surface area (Å²) in [4.78, 5) is 73.7. The van der Waals surface area contributed by atoms with Crippen LogP contribution in [0.25, 0.3) is 0 Å². The summed E-state index contributed by atoms with van der Waals surface area (Å²) < 4.78 is 9.66. The molecule has 0 saturated heterocycles. The number of hydrogen-bond donors (Lipinski definition) is 2. The van der Waals surface area contributed by atoms with Crippen molar-refractivity contribution in [3.8, 4) is 0 Å². The fraction of sp³-hybridized carbons (Fsp3) is 0.273. The minimum Gasteiger partial charge on any atom is -0.465 e. The molecule has 0 unspecified atom stereocenters. The highest BCUT2D eigenvalue weighted by Gasteiger charge is 2.25. The van der Waals surface area contributed by atoms with Crippen LogP contribution in [0.4, 0.5) is 11.4 Å². The minimum absolute atomic E-state index is 0.0325. The Hall–Kier alpha value is -4.48. The molecule has 0 atom stereocenters. The summed E-state index contributed by atoms with van der Waals surface area (Å²) in [6, 6.07) is 2.75. The van der Waals surface area contributed by atoms with Gasteiger partial charge in [0.05, 0.1) is 25.3 Å². The van der Waals surface area contributed by atoms with Crippen LogP contribution in [0.3, 0.4) is 0 Å². The van der Waals surface area contributed by atoms with Crippen LogP contribution >= 0.6 is 0 Å². The molecule has 12 nitrogen and oxygen atoms in total. The van der Waals surface area contributed by atoms with Crippen molar-refractivity contribution in [1.82, 2.24) is 9.80 Å². The van der Waals surface area contributed by atoms with Crippen molar-refractivity contribution in [2.24, 2.45) is 0 Å². The maximum absolute atomic E-state index is 12.4. The number of methoxy groups -OCH3 is 2. The number of benzene rings is 1. The molecule has 0 spiro atoms. The lowest BCUT2D eigenvalue weighted by molar-refractivity contribution is -0.138. The van der Waals surface area contributed by atoms with E-state index in [0.29, 0.717) is 0 Å². The van der Waals surface area contributed by atoms with Crippen molar-refractivity contribution < 1.29 is 38.2 Å². The van der Waals surface area contributed by atoms with Crippen LogP contribution < -0.4 is 10.6 Å². The second-order valence-corrected chi connectivity index (χ2v) is 7.10. The number of anilines is 2. The zero-order chi connectivity index (χ0) is 24.8. The Bertz CT molecular complexity index is 1000. The lowest BCUT2D eigenvalue weighted by atomic mass is 10.1. The fourth-order valence-electron chi connectivity index (χ4n) is 3.36. The van der Waals surface area contributed by atoms with Crippen LogP contribution in [0.1, 0.15) is 20.7 Å². The molecule has 1 aromatic rings. The number of nitrogens with zero attached hydrogens (tertiary/aromatic N) is 2. The third-order valence-corrected chi connectivity index (χ3v) is 5.07. The monoisotopic (exact) mass is 470 g/mol. The number of carbonyl (C=O) groups excluding carboxylic acids is 6. The largest absolute Gasteiger partial charge is 0.465 e. The molecule has 178 valence electrons. The number of carbonyl (C=O) groups is 6. The molecule has 0 aliphatic carbocycles. The van der Waals surface area contributed by atoms with Crippen molar-refractivity contribution in [2.45, 2.75) is 0 Å². The minimum atomic E-state index is -0.703. The molecule has 0 saturated carbocycles. The maximum Gasteiger partial charge on any atom is 0.340 e. The molecular weight excluding hydrogens is 448 g/mol. The van der Waals surface area contributed by atoms with Crippen LogP contribution in [0.15, 0.2) is 36.4 Å². The van der Waals surface area contributed by atoms with Crippen LogP contribution in [0, 0.1) is 0 Å². The molecule has 0 fully saturated rings. The van der Waals surface area contributed by atoms with Crippen LogP contribution in [0.5, 0.6) is 0 Å². The van der Waals surface area contributed by atoms with Crippen molar-refractivity contribution in [3.63, 3.8) is 0 Å². The van der Waals surface area contributed by atoms with Crippen LogP contribution in [-0.2, 0) is 28.7 Å². The van der Waals surface area contributed by atoms with E-state index in [1.807, 2.05) is 0 Å². The predicted octanol–water partition coefficient (Wildman–Crippen LogP) is -0.0664. The lowest BCUT2D eigenvalue weighted by Gasteiger charge is -2.19. The first-order valence-electron chi connectivity index (χ1n) is 10.2. The Morgan fingerprint density at radius 3 is 1.29 bits per heavy atom. The Balaban J connectivity index is 1.79. The first-order chi connectivity index (χ1) is 16.3. The number of rotatable bonds is 10. The summed E-state index contributed by atoms with van der Waals surface area (Å²) in [6.07, 6.45) is 4.66. The molecule has 0 aromatic heterocycles. The molecule has 0 radical (unpaired) electrons.